The molecule has 148 valence electrons. The summed E-state index contributed by atoms with van der Waals surface area (Å²) in [5.74, 6) is 1.71. The van der Waals surface area contributed by atoms with E-state index >= 15 is 0 Å². The Morgan fingerprint density at radius 1 is 0.759 bits per heavy atom. The van der Waals surface area contributed by atoms with Gasteiger partial charge in [-0.2, -0.15) is 0 Å². The third kappa shape index (κ3) is 3.36. The highest BCUT2D eigenvalue weighted by Gasteiger charge is 2.42. The SMILES string of the molecule is CC[C@@H]1CC[C@@H](C)C[C@H]1[P@@](c1ccccc1)C1c2ccccc2-c2ccccc21. The van der Waals surface area contributed by atoms with Crippen molar-refractivity contribution in [2.45, 2.75) is 50.8 Å². The lowest BCUT2D eigenvalue weighted by Gasteiger charge is -2.43. The summed E-state index contributed by atoms with van der Waals surface area (Å²) in [7, 11) is -0.320. The molecule has 0 N–H and O–H groups in total. The van der Waals surface area contributed by atoms with E-state index in [1.54, 1.807) is 16.4 Å². The van der Waals surface area contributed by atoms with Crippen molar-refractivity contribution in [1.29, 1.82) is 0 Å². The van der Waals surface area contributed by atoms with Crippen molar-refractivity contribution in [3.8, 4) is 11.1 Å². The van der Waals surface area contributed by atoms with Gasteiger partial charge in [0, 0.05) is 5.66 Å². The molecule has 3 aromatic rings. The van der Waals surface area contributed by atoms with Gasteiger partial charge in [-0.25, -0.2) is 0 Å². The summed E-state index contributed by atoms with van der Waals surface area (Å²) >= 11 is 0. The molecule has 2 aliphatic rings. The van der Waals surface area contributed by atoms with Crippen LogP contribution in [0.25, 0.3) is 11.1 Å². The maximum atomic E-state index is 2.48. The highest BCUT2D eigenvalue weighted by Crippen LogP contribution is 2.66. The van der Waals surface area contributed by atoms with Crippen molar-refractivity contribution in [1.82, 2.24) is 0 Å². The predicted octanol–water partition coefficient (Wildman–Crippen LogP) is 7.78. The molecule has 0 aromatic heterocycles. The van der Waals surface area contributed by atoms with Crippen LogP contribution in [0.15, 0.2) is 78.9 Å². The number of hydrogen-bond donors (Lipinski definition) is 0. The van der Waals surface area contributed by atoms with Gasteiger partial charge in [0.2, 0.25) is 0 Å². The van der Waals surface area contributed by atoms with Crippen LogP contribution >= 0.6 is 7.92 Å². The summed E-state index contributed by atoms with van der Waals surface area (Å²) in [5, 5.41) is 1.59. The molecule has 1 saturated carbocycles. The molecule has 0 unspecified atom stereocenters. The minimum Gasteiger partial charge on any atom is -0.0651 e. The first-order valence-electron chi connectivity index (χ1n) is 11.3. The smallest absolute Gasteiger partial charge is 0.0347 e. The molecule has 29 heavy (non-hydrogen) atoms. The summed E-state index contributed by atoms with van der Waals surface area (Å²) in [6.07, 6.45) is 5.52. The van der Waals surface area contributed by atoms with Crippen molar-refractivity contribution < 1.29 is 0 Å². The summed E-state index contributed by atoms with van der Waals surface area (Å²) in [5.41, 5.74) is 7.41. The van der Waals surface area contributed by atoms with Gasteiger partial charge in [0.25, 0.3) is 0 Å². The van der Waals surface area contributed by atoms with Crippen LogP contribution in [0, 0.1) is 11.8 Å². The Balaban J connectivity index is 1.70. The van der Waals surface area contributed by atoms with Crippen LogP contribution in [0.1, 0.15) is 56.3 Å². The lowest BCUT2D eigenvalue weighted by molar-refractivity contribution is 0.291. The first-order chi connectivity index (χ1) is 14.3. The molecular formula is C28H31P. The molecule has 0 spiro atoms. The summed E-state index contributed by atoms with van der Waals surface area (Å²) in [6.45, 7) is 4.90. The fourth-order valence-corrected chi connectivity index (χ4v) is 9.82. The van der Waals surface area contributed by atoms with Crippen molar-refractivity contribution in [3.05, 3.63) is 90.0 Å². The van der Waals surface area contributed by atoms with Gasteiger partial charge in [0.05, 0.1) is 0 Å². The molecule has 1 fully saturated rings. The first kappa shape index (κ1) is 19.1. The number of hydrogen-bond acceptors (Lipinski definition) is 0. The fraction of sp³-hybridized carbons (Fsp3) is 0.357. The maximum absolute atomic E-state index is 2.48. The molecule has 2 aliphatic carbocycles. The fourth-order valence-electron chi connectivity index (χ4n) is 5.79. The Hall–Kier alpha value is -1.91. The van der Waals surface area contributed by atoms with Crippen LogP contribution in [-0.4, -0.2) is 5.66 Å². The minimum atomic E-state index is -0.320. The zero-order valence-electron chi connectivity index (χ0n) is 17.6. The van der Waals surface area contributed by atoms with Gasteiger partial charge < -0.3 is 0 Å². The van der Waals surface area contributed by atoms with E-state index in [4.69, 9.17) is 0 Å². The average Bonchev–Trinajstić information content (AvgIpc) is 3.10. The topological polar surface area (TPSA) is 0 Å². The summed E-state index contributed by atoms with van der Waals surface area (Å²) in [4.78, 5) is 0. The van der Waals surface area contributed by atoms with Crippen molar-refractivity contribution in [3.63, 3.8) is 0 Å². The highest BCUT2D eigenvalue weighted by molar-refractivity contribution is 7.67. The van der Waals surface area contributed by atoms with E-state index in [9.17, 15) is 0 Å². The van der Waals surface area contributed by atoms with E-state index in [1.807, 2.05) is 0 Å². The molecule has 4 atom stereocenters. The zero-order chi connectivity index (χ0) is 19.8. The molecule has 0 bridgehead atoms. The van der Waals surface area contributed by atoms with Crippen LogP contribution < -0.4 is 5.30 Å². The lowest BCUT2D eigenvalue weighted by Crippen LogP contribution is -2.31. The van der Waals surface area contributed by atoms with Gasteiger partial charge in [-0.3, -0.25) is 0 Å². The molecule has 3 aromatic carbocycles. The normalized spacial score (nSPS) is 24.7. The summed E-state index contributed by atoms with van der Waals surface area (Å²) in [6, 6.07) is 29.9. The van der Waals surface area contributed by atoms with E-state index in [0.29, 0.717) is 5.66 Å². The standard InChI is InChI=1S/C28H31P/c1-3-21-18-17-20(2)19-27(21)29(22-11-5-4-6-12-22)28-25-15-9-7-13-23(25)24-14-8-10-16-26(24)28/h4-16,20-21,27-28H,3,17-19H2,1-2H3/t20-,21-,27-,29-/m1/s1. The van der Waals surface area contributed by atoms with Crippen LogP contribution in [-0.2, 0) is 0 Å². The van der Waals surface area contributed by atoms with E-state index in [-0.39, 0.29) is 7.92 Å². The number of benzene rings is 3. The van der Waals surface area contributed by atoms with E-state index in [1.165, 1.54) is 36.8 Å². The van der Waals surface area contributed by atoms with Crippen LogP contribution in [0.4, 0.5) is 0 Å². The molecule has 0 aliphatic heterocycles. The number of fused-ring (bicyclic) bond motifs is 3. The first-order valence-corrected chi connectivity index (χ1v) is 12.8. The van der Waals surface area contributed by atoms with Crippen molar-refractivity contribution >= 4 is 13.2 Å². The molecular weight excluding hydrogens is 367 g/mol. The van der Waals surface area contributed by atoms with E-state index in [2.05, 4.69) is 92.7 Å². The average molecular weight is 399 g/mol. The third-order valence-corrected chi connectivity index (χ3v) is 10.6. The minimum absolute atomic E-state index is 0.320. The Kier molecular flexibility index (Phi) is 5.31. The second-order valence-corrected chi connectivity index (χ2v) is 11.5. The Labute approximate surface area is 177 Å². The predicted molar refractivity (Wildman–Crippen MR) is 127 cm³/mol. The third-order valence-electron chi connectivity index (χ3n) is 7.23. The van der Waals surface area contributed by atoms with Crippen LogP contribution in [0.2, 0.25) is 0 Å². The molecule has 0 heterocycles. The quantitative estimate of drug-likeness (QED) is 0.394. The van der Waals surface area contributed by atoms with Gasteiger partial charge in [0.1, 0.15) is 0 Å². The second-order valence-electron chi connectivity index (χ2n) is 8.97. The van der Waals surface area contributed by atoms with Gasteiger partial charge in [-0.1, -0.05) is 113 Å². The van der Waals surface area contributed by atoms with Gasteiger partial charge in [0.15, 0.2) is 0 Å². The van der Waals surface area contributed by atoms with Gasteiger partial charge in [-0.05, 0) is 57.9 Å². The Morgan fingerprint density at radius 3 is 1.97 bits per heavy atom. The zero-order valence-corrected chi connectivity index (χ0v) is 18.5. The van der Waals surface area contributed by atoms with E-state index in [0.717, 1.165) is 17.5 Å². The molecule has 0 amide bonds. The largest absolute Gasteiger partial charge is 0.0651 e. The highest BCUT2D eigenvalue weighted by atomic mass is 31.1. The molecule has 0 saturated heterocycles. The van der Waals surface area contributed by atoms with Crippen molar-refractivity contribution in [2.24, 2.45) is 11.8 Å². The number of rotatable bonds is 4. The van der Waals surface area contributed by atoms with Gasteiger partial charge in [-0.15, -0.1) is 0 Å². The maximum Gasteiger partial charge on any atom is 0.0347 e. The molecule has 0 radical (unpaired) electrons. The Bertz CT molecular complexity index is 931. The molecule has 0 nitrogen and oxygen atoms in total. The molecule has 5 rings (SSSR count). The molecule has 1 heteroatoms. The van der Waals surface area contributed by atoms with Crippen LogP contribution in [0.5, 0.6) is 0 Å². The van der Waals surface area contributed by atoms with Crippen molar-refractivity contribution in [2.75, 3.05) is 0 Å². The van der Waals surface area contributed by atoms with Gasteiger partial charge >= 0.3 is 0 Å². The second kappa shape index (κ2) is 8.08. The Morgan fingerprint density at radius 2 is 1.34 bits per heavy atom. The lowest BCUT2D eigenvalue weighted by atomic mass is 9.81. The van der Waals surface area contributed by atoms with E-state index < -0.39 is 0 Å². The summed E-state index contributed by atoms with van der Waals surface area (Å²) < 4.78 is 0. The monoisotopic (exact) mass is 398 g/mol. The van der Waals surface area contributed by atoms with Crippen LogP contribution in [0.3, 0.4) is 0 Å².